The van der Waals surface area contributed by atoms with Crippen LogP contribution in [-0.4, -0.2) is 42.1 Å². The average molecular weight is 264 g/mol. The molecule has 0 aromatic carbocycles. The molecule has 1 aromatic rings. The van der Waals surface area contributed by atoms with E-state index < -0.39 is 0 Å². The summed E-state index contributed by atoms with van der Waals surface area (Å²) in [6, 6.07) is 2.55. The van der Waals surface area contributed by atoms with Crippen molar-refractivity contribution in [1.29, 1.82) is 0 Å². The quantitative estimate of drug-likeness (QED) is 0.719. The number of rotatable bonds is 9. The van der Waals surface area contributed by atoms with Gasteiger partial charge in [0.25, 0.3) is 0 Å². The van der Waals surface area contributed by atoms with Crippen molar-refractivity contribution >= 4 is 11.4 Å². The molecule has 0 saturated carbocycles. The number of nitrogens with one attached hydrogen (secondary N) is 2. The van der Waals surface area contributed by atoms with E-state index in [1.165, 1.54) is 0 Å². The first-order valence-electron chi connectivity index (χ1n) is 7.37. The first-order valence-corrected chi connectivity index (χ1v) is 7.37. The standard InChI is InChI=1S/C15H28N4/c1-5-8-17-14-9-15(11-16-10-14)18-13(4)12-19(6-2)7-3/h9-11,13,17-18H,5-8,12H2,1-4H3. The van der Waals surface area contributed by atoms with Gasteiger partial charge in [-0.2, -0.15) is 0 Å². The lowest BCUT2D eigenvalue weighted by Crippen LogP contribution is -2.34. The van der Waals surface area contributed by atoms with E-state index in [2.05, 4.69) is 54.3 Å². The Kier molecular flexibility index (Phi) is 7.26. The topological polar surface area (TPSA) is 40.2 Å². The van der Waals surface area contributed by atoms with Crippen LogP contribution in [-0.2, 0) is 0 Å². The van der Waals surface area contributed by atoms with E-state index >= 15 is 0 Å². The molecule has 1 aromatic heterocycles. The van der Waals surface area contributed by atoms with Crippen molar-refractivity contribution in [2.45, 2.75) is 40.2 Å². The molecule has 1 heterocycles. The molecule has 0 amide bonds. The highest BCUT2D eigenvalue weighted by molar-refractivity contribution is 5.54. The molecule has 0 bridgehead atoms. The van der Waals surface area contributed by atoms with Gasteiger partial charge >= 0.3 is 0 Å². The predicted octanol–water partition coefficient (Wildman–Crippen LogP) is 3.05. The number of hydrogen-bond donors (Lipinski definition) is 2. The predicted molar refractivity (Wildman–Crippen MR) is 83.9 cm³/mol. The van der Waals surface area contributed by atoms with Crippen LogP contribution in [0.1, 0.15) is 34.1 Å². The van der Waals surface area contributed by atoms with Gasteiger partial charge < -0.3 is 15.5 Å². The van der Waals surface area contributed by atoms with Crippen molar-refractivity contribution in [1.82, 2.24) is 9.88 Å². The molecule has 1 rings (SSSR count). The van der Waals surface area contributed by atoms with Crippen molar-refractivity contribution in [3.63, 3.8) is 0 Å². The van der Waals surface area contributed by atoms with Crippen molar-refractivity contribution < 1.29 is 0 Å². The molecule has 0 radical (unpaired) electrons. The van der Waals surface area contributed by atoms with Crippen molar-refractivity contribution in [3.8, 4) is 0 Å². The third kappa shape index (κ3) is 5.92. The first kappa shape index (κ1) is 15.8. The summed E-state index contributed by atoms with van der Waals surface area (Å²) in [7, 11) is 0. The van der Waals surface area contributed by atoms with Crippen LogP contribution < -0.4 is 10.6 Å². The molecular weight excluding hydrogens is 236 g/mol. The molecule has 1 unspecified atom stereocenters. The Morgan fingerprint density at radius 1 is 1.16 bits per heavy atom. The summed E-state index contributed by atoms with van der Waals surface area (Å²) < 4.78 is 0. The Balaban J connectivity index is 2.51. The maximum Gasteiger partial charge on any atom is 0.0549 e. The second-order valence-corrected chi connectivity index (χ2v) is 4.92. The summed E-state index contributed by atoms with van der Waals surface area (Å²) in [6.45, 7) is 13.0. The Bertz CT molecular complexity index is 350. The van der Waals surface area contributed by atoms with Crippen LogP contribution in [0.5, 0.6) is 0 Å². The number of anilines is 2. The Hall–Kier alpha value is -1.29. The minimum absolute atomic E-state index is 0.420. The van der Waals surface area contributed by atoms with Gasteiger partial charge in [0, 0.05) is 19.1 Å². The number of pyridine rings is 1. The molecular formula is C15H28N4. The largest absolute Gasteiger partial charge is 0.384 e. The summed E-state index contributed by atoms with van der Waals surface area (Å²) in [5.41, 5.74) is 2.17. The highest BCUT2D eigenvalue weighted by Crippen LogP contribution is 2.14. The van der Waals surface area contributed by atoms with E-state index in [-0.39, 0.29) is 0 Å². The Morgan fingerprint density at radius 3 is 2.47 bits per heavy atom. The number of likely N-dealkylation sites (N-methyl/N-ethyl adjacent to an activating group) is 1. The van der Waals surface area contributed by atoms with Gasteiger partial charge in [0.2, 0.25) is 0 Å². The van der Waals surface area contributed by atoms with Crippen LogP contribution in [0.3, 0.4) is 0 Å². The molecule has 0 aliphatic rings. The second kappa shape index (κ2) is 8.75. The highest BCUT2D eigenvalue weighted by atomic mass is 15.1. The molecule has 0 spiro atoms. The van der Waals surface area contributed by atoms with Crippen molar-refractivity contribution in [2.75, 3.05) is 36.8 Å². The number of nitrogens with zero attached hydrogens (tertiary/aromatic N) is 2. The third-order valence-electron chi connectivity index (χ3n) is 3.16. The maximum atomic E-state index is 4.27. The molecule has 0 aliphatic heterocycles. The summed E-state index contributed by atoms with van der Waals surface area (Å²) in [5, 5.41) is 6.87. The zero-order valence-electron chi connectivity index (χ0n) is 12.7. The zero-order valence-corrected chi connectivity index (χ0v) is 12.7. The second-order valence-electron chi connectivity index (χ2n) is 4.92. The summed E-state index contributed by atoms with van der Waals surface area (Å²) in [6.07, 6.45) is 4.88. The number of aromatic nitrogens is 1. The lowest BCUT2D eigenvalue weighted by molar-refractivity contribution is 0.295. The number of hydrogen-bond acceptors (Lipinski definition) is 4. The van der Waals surface area contributed by atoms with E-state index in [1.54, 1.807) is 0 Å². The van der Waals surface area contributed by atoms with Gasteiger partial charge in [-0.1, -0.05) is 20.8 Å². The van der Waals surface area contributed by atoms with Crippen LogP contribution in [0.15, 0.2) is 18.5 Å². The molecule has 0 saturated heterocycles. The Morgan fingerprint density at radius 2 is 1.84 bits per heavy atom. The molecule has 19 heavy (non-hydrogen) atoms. The zero-order chi connectivity index (χ0) is 14.1. The lowest BCUT2D eigenvalue weighted by Gasteiger charge is -2.24. The van der Waals surface area contributed by atoms with E-state index in [9.17, 15) is 0 Å². The summed E-state index contributed by atoms with van der Waals surface area (Å²) in [4.78, 5) is 6.69. The molecule has 1 atom stereocenters. The van der Waals surface area contributed by atoms with Crippen molar-refractivity contribution in [2.24, 2.45) is 0 Å². The highest BCUT2D eigenvalue weighted by Gasteiger charge is 2.07. The Labute approximate surface area is 117 Å². The molecule has 4 nitrogen and oxygen atoms in total. The fraction of sp³-hybridized carbons (Fsp3) is 0.667. The summed E-state index contributed by atoms with van der Waals surface area (Å²) in [5.74, 6) is 0. The van der Waals surface area contributed by atoms with Gasteiger partial charge in [-0.25, -0.2) is 0 Å². The van der Waals surface area contributed by atoms with Gasteiger partial charge in [0.15, 0.2) is 0 Å². The normalized spacial score (nSPS) is 12.5. The van der Waals surface area contributed by atoms with Crippen molar-refractivity contribution in [3.05, 3.63) is 18.5 Å². The van der Waals surface area contributed by atoms with Crippen LogP contribution >= 0.6 is 0 Å². The molecule has 0 fully saturated rings. The van der Waals surface area contributed by atoms with E-state index in [0.29, 0.717) is 6.04 Å². The van der Waals surface area contributed by atoms with Gasteiger partial charge in [0.05, 0.1) is 23.8 Å². The smallest absolute Gasteiger partial charge is 0.0549 e. The van der Waals surface area contributed by atoms with Gasteiger partial charge in [-0.3, -0.25) is 4.98 Å². The van der Waals surface area contributed by atoms with E-state index in [1.807, 2.05) is 12.4 Å². The van der Waals surface area contributed by atoms with Crippen LogP contribution in [0.25, 0.3) is 0 Å². The average Bonchev–Trinajstić information content (AvgIpc) is 2.43. The van der Waals surface area contributed by atoms with Crippen LogP contribution in [0, 0.1) is 0 Å². The van der Waals surface area contributed by atoms with Gasteiger partial charge in [-0.15, -0.1) is 0 Å². The van der Waals surface area contributed by atoms with Crippen LogP contribution in [0.2, 0.25) is 0 Å². The SMILES string of the molecule is CCCNc1cncc(NC(C)CN(CC)CC)c1. The van der Waals surface area contributed by atoms with Gasteiger partial charge in [0.1, 0.15) is 0 Å². The van der Waals surface area contributed by atoms with Crippen LogP contribution in [0.4, 0.5) is 11.4 Å². The molecule has 108 valence electrons. The molecule has 4 heteroatoms. The summed E-state index contributed by atoms with van der Waals surface area (Å²) >= 11 is 0. The monoisotopic (exact) mass is 264 g/mol. The first-order chi connectivity index (χ1) is 9.19. The van der Waals surface area contributed by atoms with E-state index in [0.717, 1.165) is 44.0 Å². The third-order valence-corrected chi connectivity index (χ3v) is 3.16. The fourth-order valence-corrected chi connectivity index (χ4v) is 2.08. The maximum absolute atomic E-state index is 4.27. The fourth-order valence-electron chi connectivity index (χ4n) is 2.08. The molecule has 0 aliphatic carbocycles. The minimum atomic E-state index is 0.420. The molecule has 2 N–H and O–H groups in total. The minimum Gasteiger partial charge on any atom is -0.384 e. The van der Waals surface area contributed by atoms with Gasteiger partial charge in [-0.05, 0) is 32.5 Å². The lowest BCUT2D eigenvalue weighted by atomic mass is 10.2. The van der Waals surface area contributed by atoms with E-state index in [4.69, 9.17) is 0 Å².